The molecule has 3 N–H and O–H groups in total. The van der Waals surface area contributed by atoms with Crippen LogP contribution in [0.4, 0.5) is 5.69 Å². The summed E-state index contributed by atoms with van der Waals surface area (Å²) in [6.45, 7) is 9.15. The van der Waals surface area contributed by atoms with Gasteiger partial charge in [0.05, 0.1) is 5.92 Å². The highest BCUT2D eigenvalue weighted by Crippen LogP contribution is 2.28. The zero-order valence-electron chi connectivity index (χ0n) is 19.9. The van der Waals surface area contributed by atoms with Crippen LogP contribution in [0.2, 0.25) is 0 Å². The second-order valence-electron chi connectivity index (χ2n) is 9.08. The van der Waals surface area contributed by atoms with E-state index in [2.05, 4.69) is 60.5 Å². The third-order valence-corrected chi connectivity index (χ3v) is 6.95. The average molecular weight is 475 g/mol. The SMILES string of the molecule is Cc1ccc(-c2noc(C(C)c3ccc(CC(C)C)cc3)n2)cc1NCc1ccc(B(O)O)s1. The maximum absolute atomic E-state index is 9.31. The van der Waals surface area contributed by atoms with Crippen molar-refractivity contribution < 1.29 is 14.6 Å². The Morgan fingerprint density at radius 2 is 1.79 bits per heavy atom. The molecule has 34 heavy (non-hydrogen) atoms. The predicted molar refractivity (Wildman–Crippen MR) is 138 cm³/mol. The number of nitrogens with zero attached hydrogens (tertiary/aromatic N) is 2. The van der Waals surface area contributed by atoms with Gasteiger partial charge >= 0.3 is 7.12 Å². The summed E-state index contributed by atoms with van der Waals surface area (Å²) in [6, 6.07) is 18.3. The van der Waals surface area contributed by atoms with Crippen LogP contribution >= 0.6 is 11.3 Å². The summed E-state index contributed by atoms with van der Waals surface area (Å²) < 4.78 is 6.16. The molecule has 2 aromatic heterocycles. The molecule has 2 aromatic carbocycles. The number of anilines is 1. The van der Waals surface area contributed by atoms with Crippen LogP contribution in [-0.2, 0) is 13.0 Å². The second kappa shape index (κ2) is 10.6. The average Bonchev–Trinajstić information content (AvgIpc) is 3.48. The molecular weight excluding hydrogens is 445 g/mol. The van der Waals surface area contributed by atoms with E-state index in [0.717, 1.165) is 33.7 Å². The first-order chi connectivity index (χ1) is 16.3. The van der Waals surface area contributed by atoms with Crippen LogP contribution in [0, 0.1) is 12.8 Å². The van der Waals surface area contributed by atoms with Gasteiger partial charge in [-0.15, -0.1) is 11.3 Å². The summed E-state index contributed by atoms with van der Waals surface area (Å²) in [5, 5.41) is 26.3. The molecular formula is C26H30BN3O3S. The van der Waals surface area contributed by atoms with Crippen LogP contribution in [0.1, 0.15) is 54.1 Å². The van der Waals surface area contributed by atoms with E-state index in [0.29, 0.717) is 29.0 Å². The van der Waals surface area contributed by atoms with Crippen molar-refractivity contribution in [1.82, 2.24) is 10.1 Å². The minimum absolute atomic E-state index is 0.00675. The maximum atomic E-state index is 9.31. The van der Waals surface area contributed by atoms with Crippen molar-refractivity contribution in [2.24, 2.45) is 5.92 Å². The Bertz CT molecular complexity index is 1230. The predicted octanol–water partition coefficient (Wildman–Crippen LogP) is 4.75. The van der Waals surface area contributed by atoms with Gasteiger partial charge in [0.2, 0.25) is 11.7 Å². The molecule has 6 nitrogen and oxygen atoms in total. The smallest absolute Gasteiger partial charge is 0.423 e. The van der Waals surface area contributed by atoms with Crippen molar-refractivity contribution in [3.8, 4) is 11.4 Å². The van der Waals surface area contributed by atoms with Crippen molar-refractivity contribution in [3.63, 3.8) is 0 Å². The first kappa shape index (κ1) is 24.2. The summed E-state index contributed by atoms with van der Waals surface area (Å²) in [5.74, 6) is 1.79. The van der Waals surface area contributed by atoms with Crippen LogP contribution in [0.15, 0.2) is 59.1 Å². The van der Waals surface area contributed by atoms with Crippen molar-refractivity contribution in [3.05, 3.63) is 82.1 Å². The van der Waals surface area contributed by atoms with E-state index in [1.165, 1.54) is 16.9 Å². The van der Waals surface area contributed by atoms with E-state index >= 15 is 0 Å². The Morgan fingerprint density at radius 3 is 2.47 bits per heavy atom. The summed E-state index contributed by atoms with van der Waals surface area (Å²) in [7, 11) is -1.43. The van der Waals surface area contributed by atoms with E-state index < -0.39 is 7.12 Å². The third kappa shape index (κ3) is 5.76. The number of thiophene rings is 1. The normalized spacial score (nSPS) is 12.2. The van der Waals surface area contributed by atoms with Crippen molar-refractivity contribution in [2.45, 2.75) is 46.6 Å². The number of hydrogen-bond donors (Lipinski definition) is 3. The molecule has 0 fully saturated rings. The number of aryl methyl sites for hydroxylation is 1. The first-order valence-corrected chi connectivity index (χ1v) is 12.3. The first-order valence-electron chi connectivity index (χ1n) is 11.5. The zero-order chi connectivity index (χ0) is 24.2. The van der Waals surface area contributed by atoms with Crippen LogP contribution in [0.3, 0.4) is 0 Å². The van der Waals surface area contributed by atoms with Gasteiger partial charge in [0.1, 0.15) is 0 Å². The number of benzene rings is 2. The summed E-state index contributed by atoms with van der Waals surface area (Å²) >= 11 is 1.37. The Labute approximate surface area is 204 Å². The minimum Gasteiger partial charge on any atom is -0.423 e. The van der Waals surface area contributed by atoms with E-state index in [1.54, 1.807) is 6.07 Å². The summed E-state index contributed by atoms with van der Waals surface area (Å²) in [4.78, 5) is 5.70. The largest absolute Gasteiger partial charge is 0.499 e. The summed E-state index contributed by atoms with van der Waals surface area (Å²) in [5.41, 5.74) is 5.43. The molecule has 0 spiro atoms. The fraction of sp³-hybridized carbons (Fsp3) is 0.308. The lowest BCUT2D eigenvalue weighted by atomic mass is 9.90. The van der Waals surface area contributed by atoms with Crippen molar-refractivity contribution in [1.29, 1.82) is 0 Å². The lowest BCUT2D eigenvalue weighted by Gasteiger charge is -2.10. The van der Waals surface area contributed by atoms with E-state index in [-0.39, 0.29) is 5.92 Å². The van der Waals surface area contributed by atoms with Gasteiger partial charge in [-0.05, 0) is 55.0 Å². The van der Waals surface area contributed by atoms with Gasteiger partial charge in [0.25, 0.3) is 0 Å². The lowest BCUT2D eigenvalue weighted by Crippen LogP contribution is -2.26. The van der Waals surface area contributed by atoms with Crippen LogP contribution < -0.4 is 10.1 Å². The van der Waals surface area contributed by atoms with Gasteiger partial charge in [-0.3, -0.25) is 0 Å². The van der Waals surface area contributed by atoms with Crippen molar-refractivity contribution in [2.75, 3.05) is 5.32 Å². The van der Waals surface area contributed by atoms with E-state index in [4.69, 9.17) is 4.52 Å². The number of nitrogens with one attached hydrogen (secondary N) is 1. The molecule has 2 heterocycles. The topological polar surface area (TPSA) is 91.4 Å². The maximum Gasteiger partial charge on any atom is 0.499 e. The molecule has 176 valence electrons. The molecule has 0 aliphatic rings. The van der Waals surface area contributed by atoms with E-state index in [9.17, 15) is 10.0 Å². The third-order valence-electron chi connectivity index (χ3n) is 5.82. The molecule has 0 amide bonds. The Morgan fingerprint density at radius 1 is 1.03 bits per heavy atom. The van der Waals surface area contributed by atoms with Crippen LogP contribution in [0.25, 0.3) is 11.4 Å². The molecule has 0 aliphatic carbocycles. The Kier molecular flexibility index (Phi) is 7.51. The second-order valence-corrected chi connectivity index (χ2v) is 10.3. The molecule has 4 rings (SSSR count). The molecule has 0 saturated carbocycles. The lowest BCUT2D eigenvalue weighted by molar-refractivity contribution is 0.371. The van der Waals surface area contributed by atoms with Crippen LogP contribution in [0.5, 0.6) is 0 Å². The van der Waals surface area contributed by atoms with Gasteiger partial charge < -0.3 is 19.9 Å². The quantitative estimate of drug-likeness (QED) is 0.303. The number of rotatable bonds is 9. The van der Waals surface area contributed by atoms with Gasteiger partial charge in [0, 0.05) is 27.4 Å². The van der Waals surface area contributed by atoms with Gasteiger partial charge in [0.15, 0.2) is 0 Å². The Balaban J connectivity index is 1.47. The zero-order valence-corrected chi connectivity index (χ0v) is 20.8. The standard InChI is InChI=1S/C26H30BN3O3S/c1-16(2)13-19-6-9-20(10-7-19)18(4)26-29-25(30-33-26)21-8-5-17(3)23(14-21)28-15-22-11-12-24(34-22)27(31)32/h5-12,14,16,18,28,31-32H,13,15H2,1-4H3. The minimum atomic E-state index is -1.43. The fourth-order valence-electron chi connectivity index (χ4n) is 3.85. The molecule has 1 atom stereocenters. The molecule has 1 unspecified atom stereocenters. The monoisotopic (exact) mass is 475 g/mol. The fourth-order valence-corrected chi connectivity index (χ4v) is 4.67. The highest BCUT2D eigenvalue weighted by Gasteiger charge is 2.18. The number of aromatic nitrogens is 2. The molecule has 0 bridgehead atoms. The van der Waals surface area contributed by atoms with Crippen molar-refractivity contribution >= 4 is 28.9 Å². The van der Waals surface area contributed by atoms with E-state index in [1.807, 2.05) is 31.2 Å². The molecule has 0 aliphatic heterocycles. The Hall–Kier alpha value is -2.94. The highest BCUT2D eigenvalue weighted by atomic mass is 32.1. The van der Waals surface area contributed by atoms with Gasteiger partial charge in [-0.25, -0.2) is 0 Å². The van der Waals surface area contributed by atoms with Crippen LogP contribution in [-0.4, -0.2) is 27.3 Å². The molecule has 0 saturated heterocycles. The molecule has 0 radical (unpaired) electrons. The highest BCUT2D eigenvalue weighted by molar-refractivity contribution is 7.22. The number of hydrogen-bond acceptors (Lipinski definition) is 7. The molecule has 8 heteroatoms. The summed E-state index contributed by atoms with van der Waals surface area (Å²) in [6.07, 6.45) is 1.07. The van der Waals surface area contributed by atoms with Gasteiger partial charge in [-0.2, -0.15) is 4.98 Å². The molecule has 4 aromatic rings. The van der Waals surface area contributed by atoms with Gasteiger partial charge in [-0.1, -0.05) is 61.5 Å².